The predicted molar refractivity (Wildman–Crippen MR) is 134 cm³/mol. The summed E-state index contributed by atoms with van der Waals surface area (Å²) in [7, 11) is 0. The molecule has 0 saturated heterocycles. The Balaban J connectivity index is 1.67. The third kappa shape index (κ3) is 5.07. The molecule has 4 aromatic rings. The van der Waals surface area contributed by atoms with Gasteiger partial charge >= 0.3 is 5.69 Å². The van der Waals surface area contributed by atoms with Gasteiger partial charge < -0.3 is 5.11 Å². The Morgan fingerprint density at radius 3 is 2.26 bits per heavy atom. The van der Waals surface area contributed by atoms with Crippen LogP contribution in [0.4, 0.5) is 0 Å². The Kier molecular flexibility index (Phi) is 6.87. The molecule has 1 aromatic heterocycles. The number of aromatic hydroxyl groups is 1. The van der Waals surface area contributed by atoms with Gasteiger partial charge in [0.1, 0.15) is 5.75 Å². The zero-order valence-electron chi connectivity index (χ0n) is 19.0. The summed E-state index contributed by atoms with van der Waals surface area (Å²) in [6.07, 6.45) is 4.30. The summed E-state index contributed by atoms with van der Waals surface area (Å²) < 4.78 is 2.90. The number of carbonyl (C=O) groups is 1. The normalized spacial score (nSPS) is 11.3. The molecule has 6 nitrogen and oxygen atoms in total. The van der Waals surface area contributed by atoms with E-state index in [0.717, 1.165) is 16.7 Å². The summed E-state index contributed by atoms with van der Waals surface area (Å²) in [6.45, 7) is 2.38. The Morgan fingerprint density at radius 1 is 0.882 bits per heavy atom. The van der Waals surface area contributed by atoms with Gasteiger partial charge in [-0.1, -0.05) is 61.5 Å². The lowest BCUT2D eigenvalue weighted by atomic mass is 10.1. The summed E-state index contributed by atoms with van der Waals surface area (Å²) in [6, 6.07) is 21.5. The van der Waals surface area contributed by atoms with E-state index in [-0.39, 0.29) is 29.3 Å². The molecule has 0 aliphatic rings. The number of hydrogen-bond acceptors (Lipinski definition) is 4. The number of hydrogen-bond donors (Lipinski definition) is 1. The third-order valence-corrected chi connectivity index (χ3v) is 5.82. The van der Waals surface area contributed by atoms with Crippen molar-refractivity contribution in [3.8, 4) is 5.75 Å². The van der Waals surface area contributed by atoms with E-state index in [4.69, 9.17) is 0 Å². The number of para-hydroxylation sites is 1. The van der Waals surface area contributed by atoms with Gasteiger partial charge in [0, 0.05) is 13.0 Å². The number of benzene rings is 3. The van der Waals surface area contributed by atoms with E-state index >= 15 is 0 Å². The van der Waals surface area contributed by atoms with Gasteiger partial charge in [-0.3, -0.25) is 18.7 Å². The fourth-order valence-electron chi connectivity index (χ4n) is 3.85. The molecule has 0 radical (unpaired) electrons. The van der Waals surface area contributed by atoms with Gasteiger partial charge in [-0.2, -0.15) is 0 Å². The van der Waals surface area contributed by atoms with Crippen molar-refractivity contribution in [1.29, 1.82) is 0 Å². The second-order valence-corrected chi connectivity index (χ2v) is 8.15. The van der Waals surface area contributed by atoms with Crippen molar-refractivity contribution in [2.75, 3.05) is 0 Å². The van der Waals surface area contributed by atoms with Crippen LogP contribution in [0.5, 0.6) is 5.75 Å². The molecule has 3 aromatic carbocycles. The fourth-order valence-corrected chi connectivity index (χ4v) is 3.85. The maximum absolute atomic E-state index is 13.4. The molecule has 0 unspecified atom stereocenters. The maximum Gasteiger partial charge on any atom is 0.331 e. The Hall–Kier alpha value is -4.19. The van der Waals surface area contributed by atoms with E-state index < -0.39 is 0 Å². The Labute approximate surface area is 197 Å². The van der Waals surface area contributed by atoms with Gasteiger partial charge in [0.2, 0.25) is 0 Å². The van der Waals surface area contributed by atoms with Crippen LogP contribution >= 0.6 is 0 Å². The zero-order valence-corrected chi connectivity index (χ0v) is 19.0. The van der Waals surface area contributed by atoms with Crippen molar-refractivity contribution in [3.05, 3.63) is 116 Å². The lowest BCUT2D eigenvalue weighted by Gasteiger charge is -2.14. The number of rotatable bonds is 8. The van der Waals surface area contributed by atoms with Gasteiger partial charge in [-0.25, -0.2) is 4.79 Å². The van der Waals surface area contributed by atoms with Crippen LogP contribution in [-0.2, 0) is 24.3 Å². The molecular formula is C28H26N2O4. The van der Waals surface area contributed by atoms with Crippen LogP contribution in [0.15, 0.2) is 88.5 Å². The van der Waals surface area contributed by atoms with Crippen LogP contribution in [0.2, 0.25) is 0 Å². The van der Waals surface area contributed by atoms with Crippen molar-refractivity contribution >= 4 is 22.8 Å². The first kappa shape index (κ1) is 23.0. The molecule has 172 valence electrons. The Bertz CT molecular complexity index is 1460. The molecule has 0 aliphatic carbocycles. The van der Waals surface area contributed by atoms with Crippen LogP contribution in [0.25, 0.3) is 17.0 Å². The number of allylic oxidation sites excluding steroid dienone is 1. The standard InChI is InChI=1S/C28H26N2O4/c1-2-23(31)14-11-20-7-9-22(10-8-20)19-30-26-6-4-3-5-25(26)27(33)29(28(30)34)18-17-21-12-15-24(32)16-13-21/h3-16,32H,2,17-19H2,1H3/b14-11+. The number of fused-ring (bicyclic) bond motifs is 1. The molecule has 34 heavy (non-hydrogen) atoms. The summed E-state index contributed by atoms with van der Waals surface area (Å²) in [5.74, 6) is 0.240. The summed E-state index contributed by atoms with van der Waals surface area (Å²) in [4.78, 5) is 38.0. The van der Waals surface area contributed by atoms with Crippen molar-refractivity contribution in [3.63, 3.8) is 0 Å². The van der Waals surface area contributed by atoms with E-state index in [1.54, 1.807) is 59.2 Å². The summed E-state index contributed by atoms with van der Waals surface area (Å²) >= 11 is 0. The quantitative estimate of drug-likeness (QED) is 0.406. The number of carbonyl (C=O) groups excluding carboxylic acids is 1. The van der Waals surface area contributed by atoms with Gasteiger partial charge in [0.15, 0.2) is 5.78 Å². The molecule has 1 heterocycles. The lowest BCUT2D eigenvalue weighted by Crippen LogP contribution is -2.40. The molecule has 4 rings (SSSR count). The van der Waals surface area contributed by atoms with E-state index in [0.29, 0.717) is 30.3 Å². The maximum atomic E-state index is 13.4. The molecule has 1 N–H and O–H groups in total. The van der Waals surface area contributed by atoms with Gasteiger partial charge in [-0.05, 0) is 53.5 Å². The SMILES string of the molecule is CCC(=O)/C=C/c1ccc(Cn2c(=O)n(CCc3ccc(O)cc3)c(=O)c3ccccc32)cc1. The molecule has 0 atom stereocenters. The largest absolute Gasteiger partial charge is 0.508 e. The molecule has 6 heteroatoms. The number of aryl methyl sites for hydroxylation is 1. The predicted octanol–water partition coefficient (Wildman–Crippen LogP) is 4.15. The van der Waals surface area contributed by atoms with Crippen LogP contribution in [0.3, 0.4) is 0 Å². The van der Waals surface area contributed by atoms with Crippen molar-refractivity contribution in [2.45, 2.75) is 32.9 Å². The van der Waals surface area contributed by atoms with Gasteiger partial charge in [0.25, 0.3) is 5.56 Å². The third-order valence-electron chi connectivity index (χ3n) is 5.82. The van der Waals surface area contributed by atoms with Crippen LogP contribution < -0.4 is 11.2 Å². The highest BCUT2D eigenvalue weighted by Crippen LogP contribution is 2.13. The zero-order chi connectivity index (χ0) is 24.1. The van der Waals surface area contributed by atoms with E-state index in [2.05, 4.69) is 0 Å². The second kappa shape index (κ2) is 10.2. The first-order valence-electron chi connectivity index (χ1n) is 11.3. The topological polar surface area (TPSA) is 81.3 Å². The summed E-state index contributed by atoms with van der Waals surface area (Å²) in [5, 5.41) is 9.97. The van der Waals surface area contributed by atoms with Gasteiger partial charge in [-0.15, -0.1) is 0 Å². The number of phenols is 1. The van der Waals surface area contributed by atoms with Crippen molar-refractivity contribution in [1.82, 2.24) is 9.13 Å². The molecular weight excluding hydrogens is 428 g/mol. The molecule has 0 fully saturated rings. The fraction of sp³-hybridized carbons (Fsp3) is 0.179. The Morgan fingerprint density at radius 2 is 1.56 bits per heavy atom. The van der Waals surface area contributed by atoms with Crippen molar-refractivity contribution in [2.24, 2.45) is 0 Å². The summed E-state index contributed by atoms with van der Waals surface area (Å²) in [5.41, 5.74) is 2.66. The number of ketones is 1. The molecule has 0 saturated carbocycles. The highest BCUT2D eigenvalue weighted by Gasteiger charge is 2.13. The minimum Gasteiger partial charge on any atom is -0.508 e. The monoisotopic (exact) mass is 454 g/mol. The average Bonchev–Trinajstić information content (AvgIpc) is 2.86. The molecule has 0 amide bonds. The van der Waals surface area contributed by atoms with Crippen LogP contribution in [-0.4, -0.2) is 20.0 Å². The lowest BCUT2D eigenvalue weighted by molar-refractivity contribution is -0.114. The van der Waals surface area contributed by atoms with Crippen molar-refractivity contribution < 1.29 is 9.90 Å². The number of aromatic nitrogens is 2. The number of nitrogens with zero attached hydrogens (tertiary/aromatic N) is 2. The highest BCUT2D eigenvalue weighted by molar-refractivity contribution is 5.93. The van der Waals surface area contributed by atoms with E-state index in [1.165, 1.54) is 4.57 Å². The van der Waals surface area contributed by atoms with E-state index in [1.807, 2.05) is 37.3 Å². The molecule has 0 spiro atoms. The van der Waals surface area contributed by atoms with Crippen LogP contribution in [0, 0.1) is 0 Å². The van der Waals surface area contributed by atoms with E-state index in [9.17, 15) is 19.5 Å². The van der Waals surface area contributed by atoms with Gasteiger partial charge in [0.05, 0.1) is 17.4 Å². The average molecular weight is 455 g/mol. The first-order valence-corrected chi connectivity index (χ1v) is 11.3. The molecule has 0 bridgehead atoms. The smallest absolute Gasteiger partial charge is 0.331 e. The minimum absolute atomic E-state index is 0.0664. The first-order chi connectivity index (χ1) is 16.5. The second-order valence-electron chi connectivity index (χ2n) is 8.15. The highest BCUT2D eigenvalue weighted by atomic mass is 16.3. The number of phenolic OH excluding ortho intramolecular Hbond substituents is 1. The minimum atomic E-state index is -0.361. The van der Waals surface area contributed by atoms with Crippen LogP contribution in [0.1, 0.15) is 30.0 Å². The molecule has 0 aliphatic heterocycles.